The highest BCUT2D eigenvalue weighted by atomic mass is 35.5. The molecule has 0 aromatic heterocycles. The van der Waals surface area contributed by atoms with Gasteiger partial charge in [-0.25, -0.2) is 0 Å². The smallest absolute Gasteiger partial charge is 0.191 e. The zero-order chi connectivity index (χ0) is 20.0. The molecule has 1 heterocycles. The van der Waals surface area contributed by atoms with Gasteiger partial charge in [-0.15, -0.1) is 0 Å². The zero-order valence-corrected chi connectivity index (χ0v) is 17.7. The molecule has 1 aliphatic rings. The van der Waals surface area contributed by atoms with Crippen LogP contribution < -0.4 is 10.6 Å². The zero-order valence-electron chi connectivity index (χ0n) is 17.0. The van der Waals surface area contributed by atoms with Gasteiger partial charge in [-0.3, -0.25) is 9.89 Å². The van der Waals surface area contributed by atoms with Gasteiger partial charge >= 0.3 is 0 Å². The van der Waals surface area contributed by atoms with Crippen LogP contribution in [0.1, 0.15) is 18.0 Å². The number of hydrogen-bond acceptors (Lipinski definition) is 5. The molecule has 0 radical (unpaired) electrons. The molecule has 1 unspecified atom stereocenters. The fourth-order valence-electron chi connectivity index (χ4n) is 3.07. The number of morpholine rings is 1. The van der Waals surface area contributed by atoms with E-state index in [1.165, 1.54) is 5.56 Å². The van der Waals surface area contributed by atoms with Crippen molar-refractivity contribution in [3.8, 4) is 0 Å². The summed E-state index contributed by atoms with van der Waals surface area (Å²) < 4.78 is 16.0. The topological polar surface area (TPSA) is 67.4 Å². The Morgan fingerprint density at radius 2 is 1.93 bits per heavy atom. The second-order valence-corrected chi connectivity index (χ2v) is 6.99. The quantitative estimate of drug-likeness (QED) is 0.329. The van der Waals surface area contributed by atoms with E-state index >= 15 is 0 Å². The molecular weight excluding hydrogens is 380 g/mol. The fourth-order valence-corrected chi connectivity index (χ4v) is 3.20. The molecule has 0 aliphatic carbocycles. The summed E-state index contributed by atoms with van der Waals surface area (Å²) in [5.41, 5.74) is 1.24. The van der Waals surface area contributed by atoms with Crippen molar-refractivity contribution in [3.63, 3.8) is 0 Å². The average Bonchev–Trinajstić information content (AvgIpc) is 2.73. The van der Waals surface area contributed by atoms with E-state index in [2.05, 4.69) is 32.7 Å². The Bertz CT molecular complexity index is 565. The number of halogens is 1. The number of hydrogen-bond donors (Lipinski definition) is 2. The van der Waals surface area contributed by atoms with Gasteiger partial charge in [-0.1, -0.05) is 23.7 Å². The summed E-state index contributed by atoms with van der Waals surface area (Å²) in [4.78, 5) is 6.77. The summed E-state index contributed by atoms with van der Waals surface area (Å²) in [5, 5.41) is 7.55. The Balaban J connectivity index is 1.82. The van der Waals surface area contributed by atoms with Crippen LogP contribution in [-0.2, 0) is 14.2 Å². The number of ether oxygens (including phenoxy) is 3. The van der Waals surface area contributed by atoms with E-state index in [0.717, 1.165) is 56.8 Å². The van der Waals surface area contributed by atoms with E-state index in [-0.39, 0.29) is 6.04 Å². The molecule has 2 N–H and O–H groups in total. The van der Waals surface area contributed by atoms with Crippen molar-refractivity contribution >= 4 is 17.6 Å². The number of benzene rings is 1. The second kappa shape index (κ2) is 13.7. The molecule has 8 heteroatoms. The monoisotopic (exact) mass is 412 g/mol. The lowest BCUT2D eigenvalue weighted by Crippen LogP contribution is -2.46. The third-order valence-corrected chi connectivity index (χ3v) is 4.87. The summed E-state index contributed by atoms with van der Waals surface area (Å²) in [5.74, 6) is 0.795. The summed E-state index contributed by atoms with van der Waals surface area (Å²) in [6.45, 7) is 6.88. The molecule has 1 aliphatic heterocycles. The van der Waals surface area contributed by atoms with Gasteiger partial charge in [0.05, 0.1) is 32.5 Å². The summed E-state index contributed by atoms with van der Waals surface area (Å²) in [6.07, 6.45) is 0.911. The minimum absolute atomic E-state index is 0.233. The summed E-state index contributed by atoms with van der Waals surface area (Å²) >= 11 is 6.07. The van der Waals surface area contributed by atoms with Gasteiger partial charge in [-0.05, 0) is 24.1 Å². The van der Waals surface area contributed by atoms with Crippen LogP contribution in [-0.4, -0.2) is 84.2 Å². The second-order valence-electron chi connectivity index (χ2n) is 6.55. The number of guanidine groups is 1. The van der Waals surface area contributed by atoms with Gasteiger partial charge in [-0.2, -0.15) is 0 Å². The van der Waals surface area contributed by atoms with Gasteiger partial charge in [0.15, 0.2) is 5.96 Å². The lowest BCUT2D eigenvalue weighted by Gasteiger charge is -2.35. The Labute approximate surface area is 173 Å². The van der Waals surface area contributed by atoms with Gasteiger partial charge in [0.1, 0.15) is 0 Å². The molecule has 0 spiro atoms. The van der Waals surface area contributed by atoms with Gasteiger partial charge < -0.3 is 24.8 Å². The normalized spacial score (nSPS) is 16.8. The van der Waals surface area contributed by atoms with E-state index in [9.17, 15) is 0 Å². The van der Waals surface area contributed by atoms with Crippen molar-refractivity contribution in [1.82, 2.24) is 15.5 Å². The largest absolute Gasteiger partial charge is 0.382 e. The Morgan fingerprint density at radius 3 is 2.61 bits per heavy atom. The number of nitrogens with zero attached hydrogens (tertiary/aromatic N) is 2. The van der Waals surface area contributed by atoms with Crippen LogP contribution in [0.2, 0.25) is 5.02 Å². The van der Waals surface area contributed by atoms with Gasteiger partial charge in [0.25, 0.3) is 0 Å². The lowest BCUT2D eigenvalue weighted by molar-refractivity contribution is 0.0170. The molecule has 1 aromatic rings. The van der Waals surface area contributed by atoms with Crippen LogP contribution in [0.5, 0.6) is 0 Å². The summed E-state index contributed by atoms with van der Waals surface area (Å²) in [7, 11) is 3.46. The van der Waals surface area contributed by atoms with Crippen molar-refractivity contribution in [2.75, 3.05) is 73.4 Å². The molecule has 1 atom stereocenters. The SMILES string of the molecule is CN=C(NCCCOCCOC)NCC(c1ccc(Cl)cc1)N1CCOCC1. The van der Waals surface area contributed by atoms with Crippen LogP contribution in [0.3, 0.4) is 0 Å². The highest BCUT2D eigenvalue weighted by Gasteiger charge is 2.22. The summed E-state index contributed by atoms with van der Waals surface area (Å²) in [6, 6.07) is 8.31. The van der Waals surface area contributed by atoms with E-state index in [0.29, 0.717) is 19.8 Å². The first-order valence-corrected chi connectivity index (χ1v) is 10.2. The molecule has 7 nitrogen and oxygen atoms in total. The first kappa shape index (κ1) is 22.9. The number of nitrogens with one attached hydrogen (secondary N) is 2. The minimum Gasteiger partial charge on any atom is -0.382 e. The Hall–Kier alpha value is -1.38. The predicted molar refractivity (Wildman–Crippen MR) is 113 cm³/mol. The maximum atomic E-state index is 6.07. The van der Waals surface area contributed by atoms with E-state index in [4.69, 9.17) is 25.8 Å². The molecule has 2 rings (SSSR count). The first-order chi connectivity index (χ1) is 13.7. The maximum absolute atomic E-state index is 6.07. The highest BCUT2D eigenvalue weighted by Crippen LogP contribution is 2.23. The average molecular weight is 413 g/mol. The standard InChI is InChI=1S/C20H33ClN4O3/c1-22-20(23-8-3-11-27-15-14-26-2)24-16-19(25-9-12-28-13-10-25)17-4-6-18(21)7-5-17/h4-7,19H,3,8-16H2,1-2H3,(H2,22,23,24). The van der Waals surface area contributed by atoms with Crippen molar-refractivity contribution in [2.24, 2.45) is 4.99 Å². The van der Waals surface area contributed by atoms with E-state index in [1.54, 1.807) is 14.2 Å². The maximum Gasteiger partial charge on any atom is 0.191 e. The van der Waals surface area contributed by atoms with Crippen LogP contribution in [0, 0.1) is 0 Å². The molecule has 0 amide bonds. The van der Waals surface area contributed by atoms with Gasteiger partial charge in [0.2, 0.25) is 0 Å². The molecule has 0 bridgehead atoms. The van der Waals surface area contributed by atoms with Crippen molar-refractivity contribution in [1.29, 1.82) is 0 Å². The molecule has 1 saturated heterocycles. The molecule has 0 saturated carbocycles. The Morgan fingerprint density at radius 1 is 1.18 bits per heavy atom. The van der Waals surface area contributed by atoms with E-state index < -0.39 is 0 Å². The number of methoxy groups -OCH3 is 1. The first-order valence-electron chi connectivity index (χ1n) is 9.83. The Kier molecular flexibility index (Phi) is 11.2. The predicted octanol–water partition coefficient (Wildman–Crippen LogP) is 1.93. The lowest BCUT2D eigenvalue weighted by atomic mass is 10.0. The van der Waals surface area contributed by atoms with Crippen LogP contribution in [0.4, 0.5) is 0 Å². The van der Waals surface area contributed by atoms with Crippen molar-refractivity contribution in [2.45, 2.75) is 12.5 Å². The van der Waals surface area contributed by atoms with E-state index in [1.807, 2.05) is 12.1 Å². The molecule has 1 aromatic carbocycles. The molecule has 28 heavy (non-hydrogen) atoms. The van der Waals surface area contributed by atoms with Crippen LogP contribution in [0.25, 0.3) is 0 Å². The molecule has 1 fully saturated rings. The third kappa shape index (κ3) is 8.32. The number of aliphatic imine (C=N–C) groups is 1. The third-order valence-electron chi connectivity index (χ3n) is 4.62. The van der Waals surface area contributed by atoms with Gasteiger partial charge in [0, 0.05) is 52.0 Å². The number of rotatable bonds is 11. The van der Waals surface area contributed by atoms with Crippen molar-refractivity contribution < 1.29 is 14.2 Å². The van der Waals surface area contributed by atoms with Crippen LogP contribution in [0.15, 0.2) is 29.3 Å². The minimum atomic E-state index is 0.233. The fraction of sp³-hybridized carbons (Fsp3) is 0.650. The highest BCUT2D eigenvalue weighted by molar-refractivity contribution is 6.30. The van der Waals surface area contributed by atoms with Crippen LogP contribution >= 0.6 is 11.6 Å². The molecule has 158 valence electrons. The molecular formula is C20H33ClN4O3. The van der Waals surface area contributed by atoms with Crippen molar-refractivity contribution in [3.05, 3.63) is 34.9 Å².